The minimum Gasteiger partial charge on any atom is -0.326 e. The zero-order chi connectivity index (χ0) is 21.7. The molecule has 2 rings (SSSR count). The zero-order valence-electron chi connectivity index (χ0n) is 16.3. The fourth-order valence-corrected chi connectivity index (χ4v) is 2.41. The van der Waals surface area contributed by atoms with Gasteiger partial charge in [-0.1, -0.05) is 51.1 Å². The number of hydrogen-bond acceptors (Lipinski definition) is 3. The number of rotatable bonds is 5. The van der Waals surface area contributed by atoms with Gasteiger partial charge in [-0.05, 0) is 34.7 Å². The van der Waals surface area contributed by atoms with Crippen molar-refractivity contribution in [3.63, 3.8) is 0 Å². The normalized spacial score (nSPS) is 12.1. The third kappa shape index (κ3) is 7.06. The molecule has 0 fully saturated rings. The van der Waals surface area contributed by atoms with Crippen LogP contribution in [0, 0.1) is 0 Å². The fraction of sp³-hybridized carbons (Fsp3) is 0.286. The van der Waals surface area contributed by atoms with Gasteiger partial charge in [-0.25, -0.2) is 5.43 Å². The van der Waals surface area contributed by atoms with Gasteiger partial charge in [0.1, 0.15) is 6.42 Å². The lowest BCUT2D eigenvalue weighted by Gasteiger charge is -2.18. The van der Waals surface area contributed by atoms with E-state index in [1.54, 1.807) is 0 Å². The molecule has 0 saturated carbocycles. The summed E-state index contributed by atoms with van der Waals surface area (Å²) >= 11 is 0. The molecule has 2 aromatic rings. The van der Waals surface area contributed by atoms with E-state index < -0.39 is 30.0 Å². The van der Waals surface area contributed by atoms with Crippen LogP contribution in [0.25, 0.3) is 0 Å². The minimum atomic E-state index is -4.52. The van der Waals surface area contributed by atoms with Gasteiger partial charge >= 0.3 is 6.18 Å². The van der Waals surface area contributed by atoms with Gasteiger partial charge in [-0.15, -0.1) is 0 Å². The molecule has 0 aromatic heterocycles. The molecule has 8 heteroatoms. The zero-order valence-corrected chi connectivity index (χ0v) is 16.3. The van der Waals surface area contributed by atoms with E-state index in [-0.39, 0.29) is 11.1 Å². The monoisotopic (exact) mass is 405 g/mol. The molecule has 0 spiro atoms. The van der Waals surface area contributed by atoms with E-state index in [9.17, 15) is 22.8 Å². The lowest BCUT2D eigenvalue weighted by atomic mass is 9.87. The van der Waals surface area contributed by atoms with E-state index in [0.717, 1.165) is 23.3 Å². The van der Waals surface area contributed by atoms with Crippen LogP contribution < -0.4 is 10.7 Å². The Bertz CT molecular complexity index is 899. The Morgan fingerprint density at radius 3 is 2.21 bits per heavy atom. The van der Waals surface area contributed by atoms with Gasteiger partial charge < -0.3 is 5.32 Å². The highest BCUT2D eigenvalue weighted by Crippen LogP contribution is 2.30. The van der Waals surface area contributed by atoms with Crippen molar-refractivity contribution in [3.05, 3.63) is 65.2 Å². The topological polar surface area (TPSA) is 70.6 Å². The number of nitrogens with one attached hydrogen (secondary N) is 2. The number of carbonyl (C=O) groups is 2. The first-order valence-electron chi connectivity index (χ1n) is 8.85. The van der Waals surface area contributed by atoms with Crippen molar-refractivity contribution in [1.82, 2.24) is 5.43 Å². The summed E-state index contributed by atoms with van der Waals surface area (Å²) in [7, 11) is 0. The van der Waals surface area contributed by atoms with Gasteiger partial charge in [0.2, 0.25) is 11.8 Å². The number of hydrogen-bond donors (Lipinski definition) is 2. The molecular formula is C21H22F3N3O2. The summed E-state index contributed by atoms with van der Waals surface area (Å²) < 4.78 is 38.0. The number of carbonyl (C=O) groups excluding carboxylic acids is 2. The van der Waals surface area contributed by atoms with Crippen LogP contribution in [0.15, 0.2) is 53.6 Å². The molecular weight excluding hydrogens is 383 g/mol. The molecule has 0 radical (unpaired) electrons. The standard InChI is InChI=1S/C21H22F3N3O2/c1-20(2,3)15-9-7-14(8-10-15)13-25-27-19(29)12-18(28)26-17-6-4-5-16(11-17)21(22,23)24/h4-11,13H,12H2,1-3H3,(H,26,28)(H,27,29). The van der Waals surface area contributed by atoms with Crippen molar-refractivity contribution >= 4 is 23.7 Å². The van der Waals surface area contributed by atoms with E-state index >= 15 is 0 Å². The van der Waals surface area contributed by atoms with Gasteiger partial charge in [-0.2, -0.15) is 18.3 Å². The van der Waals surface area contributed by atoms with E-state index in [0.29, 0.717) is 0 Å². The maximum absolute atomic E-state index is 12.7. The number of nitrogens with zero attached hydrogens (tertiary/aromatic N) is 1. The molecule has 2 aromatic carbocycles. The summed E-state index contributed by atoms with van der Waals surface area (Å²) in [5, 5.41) is 6.05. The lowest BCUT2D eigenvalue weighted by Crippen LogP contribution is -2.24. The third-order valence-corrected chi connectivity index (χ3v) is 3.97. The van der Waals surface area contributed by atoms with Crippen LogP contribution in [0.3, 0.4) is 0 Å². The van der Waals surface area contributed by atoms with E-state index in [1.807, 2.05) is 24.3 Å². The average Bonchev–Trinajstić information content (AvgIpc) is 2.60. The highest BCUT2D eigenvalue weighted by Gasteiger charge is 2.30. The van der Waals surface area contributed by atoms with Crippen LogP contribution >= 0.6 is 0 Å². The molecule has 0 saturated heterocycles. The smallest absolute Gasteiger partial charge is 0.326 e. The third-order valence-electron chi connectivity index (χ3n) is 3.97. The molecule has 2 amide bonds. The maximum Gasteiger partial charge on any atom is 0.416 e. The summed E-state index contributed by atoms with van der Waals surface area (Å²) in [5.74, 6) is -1.43. The Hall–Kier alpha value is -3.16. The molecule has 0 heterocycles. The number of benzene rings is 2. The Balaban J connectivity index is 1.86. The van der Waals surface area contributed by atoms with Gasteiger partial charge in [0.25, 0.3) is 0 Å². The molecule has 29 heavy (non-hydrogen) atoms. The summed E-state index contributed by atoms with van der Waals surface area (Å²) in [5.41, 5.74) is 3.24. The SMILES string of the molecule is CC(C)(C)c1ccc(C=NNC(=O)CC(=O)Nc2cccc(C(F)(F)F)c2)cc1. The first-order chi connectivity index (χ1) is 13.4. The molecule has 0 atom stereocenters. The summed E-state index contributed by atoms with van der Waals surface area (Å²) in [4.78, 5) is 23.6. The highest BCUT2D eigenvalue weighted by molar-refractivity contribution is 6.03. The molecule has 0 bridgehead atoms. The number of hydrazone groups is 1. The van der Waals surface area contributed by atoms with Crippen LogP contribution in [-0.2, 0) is 21.2 Å². The summed E-state index contributed by atoms with van der Waals surface area (Å²) in [6, 6.07) is 11.8. The lowest BCUT2D eigenvalue weighted by molar-refractivity contribution is -0.137. The number of alkyl halides is 3. The van der Waals surface area contributed by atoms with Crippen LogP contribution in [0.5, 0.6) is 0 Å². The first-order valence-corrected chi connectivity index (χ1v) is 8.85. The number of halogens is 3. The predicted octanol–water partition coefficient (Wildman–Crippen LogP) is 4.48. The van der Waals surface area contributed by atoms with Crippen molar-refractivity contribution in [1.29, 1.82) is 0 Å². The molecule has 0 unspecified atom stereocenters. The van der Waals surface area contributed by atoms with Crippen LogP contribution in [-0.4, -0.2) is 18.0 Å². The van der Waals surface area contributed by atoms with E-state index in [2.05, 4.69) is 36.6 Å². The highest BCUT2D eigenvalue weighted by atomic mass is 19.4. The first kappa shape index (κ1) is 22.1. The largest absolute Gasteiger partial charge is 0.416 e. The second kappa shape index (κ2) is 8.89. The quantitative estimate of drug-likeness (QED) is 0.437. The van der Waals surface area contributed by atoms with Gasteiger partial charge in [0.15, 0.2) is 0 Å². The van der Waals surface area contributed by atoms with Crippen LogP contribution in [0.2, 0.25) is 0 Å². The molecule has 5 nitrogen and oxygen atoms in total. The number of anilines is 1. The molecule has 154 valence electrons. The molecule has 0 aliphatic heterocycles. The Morgan fingerprint density at radius 1 is 0.966 bits per heavy atom. The maximum atomic E-state index is 12.7. The van der Waals surface area contributed by atoms with E-state index in [4.69, 9.17) is 0 Å². The number of amides is 2. The molecule has 2 N–H and O–H groups in total. The Labute approximate surface area is 167 Å². The van der Waals surface area contributed by atoms with Gasteiger partial charge in [0.05, 0.1) is 11.8 Å². The molecule has 0 aliphatic carbocycles. The van der Waals surface area contributed by atoms with Crippen molar-refractivity contribution in [2.45, 2.75) is 38.8 Å². The fourth-order valence-electron chi connectivity index (χ4n) is 2.41. The second-order valence-electron chi connectivity index (χ2n) is 7.47. The van der Waals surface area contributed by atoms with E-state index in [1.165, 1.54) is 18.3 Å². The van der Waals surface area contributed by atoms with Crippen molar-refractivity contribution in [2.75, 3.05) is 5.32 Å². The summed E-state index contributed by atoms with van der Waals surface area (Å²) in [6.07, 6.45) is -3.65. The van der Waals surface area contributed by atoms with Gasteiger partial charge in [0, 0.05) is 5.69 Å². The Kier molecular flexibility index (Phi) is 6.79. The minimum absolute atomic E-state index is 0.0247. The van der Waals surface area contributed by atoms with Crippen molar-refractivity contribution in [2.24, 2.45) is 5.10 Å². The second-order valence-corrected chi connectivity index (χ2v) is 7.47. The molecule has 0 aliphatic rings. The van der Waals surface area contributed by atoms with Gasteiger partial charge in [-0.3, -0.25) is 9.59 Å². The average molecular weight is 405 g/mol. The predicted molar refractivity (Wildman–Crippen MR) is 106 cm³/mol. The van der Waals surface area contributed by atoms with Crippen LogP contribution in [0.4, 0.5) is 18.9 Å². The van der Waals surface area contributed by atoms with Crippen molar-refractivity contribution < 1.29 is 22.8 Å². The van der Waals surface area contributed by atoms with Crippen LogP contribution in [0.1, 0.15) is 43.9 Å². The van der Waals surface area contributed by atoms with Crippen molar-refractivity contribution in [3.8, 4) is 0 Å². The summed E-state index contributed by atoms with van der Waals surface area (Å²) in [6.45, 7) is 6.29. The Morgan fingerprint density at radius 2 is 1.62 bits per heavy atom.